The van der Waals surface area contributed by atoms with Crippen molar-refractivity contribution >= 4 is 21.7 Å². The van der Waals surface area contributed by atoms with Crippen molar-refractivity contribution in [3.63, 3.8) is 0 Å². The van der Waals surface area contributed by atoms with Gasteiger partial charge in [0.15, 0.2) is 28.8 Å². The van der Waals surface area contributed by atoms with Gasteiger partial charge in [-0.2, -0.15) is 0 Å². The molecule has 0 bridgehead atoms. The molecule has 2 aromatic rings. The standard InChI is InChI=1S/C14H11BrO5/c15-9-6-14(20)13(19)5-8(9)4-11(17)7-1-2-10(16)12(18)3-7/h1-3,5-6,16,18-20H,4H2. The Kier molecular flexibility index (Phi) is 3.85. The highest BCUT2D eigenvalue weighted by Gasteiger charge is 2.13. The van der Waals surface area contributed by atoms with Gasteiger partial charge in [0.2, 0.25) is 0 Å². The first-order valence-electron chi connectivity index (χ1n) is 5.64. The molecule has 0 aliphatic carbocycles. The predicted octanol–water partition coefficient (Wildman–Crippen LogP) is 2.70. The second-order valence-corrected chi connectivity index (χ2v) is 5.09. The molecule has 0 radical (unpaired) electrons. The second kappa shape index (κ2) is 5.42. The van der Waals surface area contributed by atoms with Crippen molar-refractivity contribution < 1.29 is 25.2 Å². The van der Waals surface area contributed by atoms with E-state index in [0.29, 0.717) is 10.0 Å². The summed E-state index contributed by atoms with van der Waals surface area (Å²) < 4.78 is 0.490. The highest BCUT2D eigenvalue weighted by Crippen LogP contribution is 2.32. The van der Waals surface area contributed by atoms with Gasteiger partial charge in [0, 0.05) is 16.5 Å². The van der Waals surface area contributed by atoms with Crippen LogP contribution >= 0.6 is 15.9 Å². The fraction of sp³-hybridized carbons (Fsp3) is 0.0714. The molecule has 2 rings (SSSR count). The number of Topliss-reactive ketones (excluding diaryl/α,β-unsaturated/α-hetero) is 1. The smallest absolute Gasteiger partial charge is 0.167 e. The molecule has 0 saturated heterocycles. The number of carbonyl (C=O) groups is 1. The largest absolute Gasteiger partial charge is 0.504 e. The van der Waals surface area contributed by atoms with Crippen LogP contribution in [0.3, 0.4) is 0 Å². The van der Waals surface area contributed by atoms with Crippen molar-refractivity contribution in [3.8, 4) is 23.0 Å². The normalized spacial score (nSPS) is 10.4. The number of benzene rings is 2. The molecule has 0 amide bonds. The molecule has 5 nitrogen and oxygen atoms in total. The van der Waals surface area contributed by atoms with Crippen LogP contribution in [-0.2, 0) is 6.42 Å². The maximum Gasteiger partial charge on any atom is 0.167 e. The van der Waals surface area contributed by atoms with Crippen LogP contribution in [-0.4, -0.2) is 26.2 Å². The van der Waals surface area contributed by atoms with Gasteiger partial charge < -0.3 is 20.4 Å². The first kappa shape index (κ1) is 14.2. The summed E-state index contributed by atoms with van der Waals surface area (Å²) in [7, 11) is 0. The van der Waals surface area contributed by atoms with Crippen LogP contribution < -0.4 is 0 Å². The van der Waals surface area contributed by atoms with E-state index < -0.39 is 0 Å². The highest BCUT2D eigenvalue weighted by molar-refractivity contribution is 9.10. The minimum atomic E-state index is -0.372. The van der Waals surface area contributed by atoms with Crippen LogP contribution in [0, 0.1) is 0 Å². The maximum atomic E-state index is 12.1. The lowest BCUT2D eigenvalue weighted by molar-refractivity contribution is 0.0992. The summed E-state index contributed by atoms with van der Waals surface area (Å²) >= 11 is 3.20. The molecule has 104 valence electrons. The van der Waals surface area contributed by atoms with Gasteiger partial charge in [-0.15, -0.1) is 0 Å². The molecule has 0 saturated carbocycles. The fourth-order valence-electron chi connectivity index (χ4n) is 1.70. The fourth-order valence-corrected chi connectivity index (χ4v) is 2.17. The van der Waals surface area contributed by atoms with Crippen LogP contribution in [0.5, 0.6) is 23.0 Å². The van der Waals surface area contributed by atoms with E-state index in [-0.39, 0.29) is 40.8 Å². The van der Waals surface area contributed by atoms with Crippen LogP contribution in [0.15, 0.2) is 34.8 Å². The molecular formula is C14H11BrO5. The molecule has 0 fully saturated rings. The molecule has 20 heavy (non-hydrogen) atoms. The molecule has 0 unspecified atom stereocenters. The lowest BCUT2D eigenvalue weighted by Gasteiger charge is -2.07. The number of phenols is 4. The topological polar surface area (TPSA) is 98.0 Å². The van der Waals surface area contributed by atoms with Gasteiger partial charge in [-0.25, -0.2) is 0 Å². The van der Waals surface area contributed by atoms with Crippen molar-refractivity contribution in [2.45, 2.75) is 6.42 Å². The first-order valence-corrected chi connectivity index (χ1v) is 6.43. The van der Waals surface area contributed by atoms with Gasteiger partial charge in [0.1, 0.15) is 0 Å². The molecule has 0 aliphatic rings. The first-order chi connectivity index (χ1) is 9.38. The molecule has 6 heteroatoms. The molecule has 4 N–H and O–H groups in total. The van der Waals surface area contributed by atoms with Gasteiger partial charge in [0.25, 0.3) is 0 Å². The molecule has 0 heterocycles. The zero-order valence-electron chi connectivity index (χ0n) is 10.2. The summed E-state index contributed by atoms with van der Waals surface area (Å²) in [6.07, 6.45) is -0.0291. The van der Waals surface area contributed by atoms with Crippen molar-refractivity contribution in [3.05, 3.63) is 45.9 Å². The number of phenolic OH excluding ortho intramolecular Hbond substituents is 4. The number of halogens is 1. The summed E-state index contributed by atoms with van der Waals surface area (Å²) in [6, 6.07) is 6.38. The number of aromatic hydroxyl groups is 4. The van der Waals surface area contributed by atoms with Gasteiger partial charge in [-0.05, 0) is 35.9 Å². The molecule has 0 aliphatic heterocycles. The molecule has 2 aromatic carbocycles. The Morgan fingerprint density at radius 3 is 2.15 bits per heavy atom. The van der Waals surface area contributed by atoms with Crippen molar-refractivity contribution in [2.75, 3.05) is 0 Å². The zero-order chi connectivity index (χ0) is 14.9. The third-order valence-electron chi connectivity index (χ3n) is 2.79. The molecule has 0 spiro atoms. The molecular weight excluding hydrogens is 328 g/mol. The molecule has 0 atom stereocenters. The minimum absolute atomic E-state index is 0.0291. The van der Waals surface area contributed by atoms with Crippen molar-refractivity contribution in [1.29, 1.82) is 0 Å². The number of hydrogen-bond donors (Lipinski definition) is 4. The SMILES string of the molecule is O=C(Cc1cc(O)c(O)cc1Br)c1ccc(O)c(O)c1. The van der Waals surface area contributed by atoms with E-state index in [4.69, 9.17) is 0 Å². The Bertz CT molecular complexity index is 682. The van der Waals surface area contributed by atoms with Crippen LogP contribution in [0.1, 0.15) is 15.9 Å². The third-order valence-corrected chi connectivity index (χ3v) is 3.53. The second-order valence-electron chi connectivity index (χ2n) is 4.24. The summed E-state index contributed by atoms with van der Waals surface area (Å²) in [6.45, 7) is 0. The third kappa shape index (κ3) is 2.85. The average molecular weight is 339 g/mol. The van der Waals surface area contributed by atoms with E-state index in [9.17, 15) is 25.2 Å². The van der Waals surface area contributed by atoms with E-state index in [2.05, 4.69) is 15.9 Å². The Morgan fingerprint density at radius 1 is 0.900 bits per heavy atom. The van der Waals surface area contributed by atoms with Gasteiger partial charge in [-0.3, -0.25) is 4.79 Å². The lowest BCUT2D eigenvalue weighted by atomic mass is 10.0. The van der Waals surface area contributed by atoms with Crippen LogP contribution in [0.2, 0.25) is 0 Å². The summed E-state index contributed by atoms with van der Waals surface area (Å²) in [4.78, 5) is 12.1. The summed E-state index contributed by atoms with van der Waals surface area (Å²) in [5.41, 5.74) is 0.734. The average Bonchev–Trinajstić information content (AvgIpc) is 2.39. The van der Waals surface area contributed by atoms with E-state index in [1.165, 1.54) is 30.3 Å². The number of carbonyl (C=O) groups excluding carboxylic acids is 1. The lowest BCUT2D eigenvalue weighted by Crippen LogP contribution is -2.04. The predicted molar refractivity (Wildman–Crippen MR) is 75.3 cm³/mol. The van der Waals surface area contributed by atoms with E-state index in [0.717, 1.165) is 0 Å². The maximum absolute atomic E-state index is 12.1. The van der Waals surface area contributed by atoms with E-state index in [1.54, 1.807) is 0 Å². The van der Waals surface area contributed by atoms with Crippen molar-refractivity contribution in [2.24, 2.45) is 0 Å². The molecule has 0 aromatic heterocycles. The Labute approximate surface area is 122 Å². The van der Waals surface area contributed by atoms with Crippen LogP contribution in [0.4, 0.5) is 0 Å². The number of ketones is 1. The Morgan fingerprint density at radius 2 is 1.50 bits per heavy atom. The monoisotopic (exact) mass is 338 g/mol. The summed E-state index contributed by atoms with van der Waals surface area (Å²) in [5.74, 6) is -1.57. The Hall–Kier alpha value is -2.21. The van der Waals surface area contributed by atoms with Crippen LogP contribution in [0.25, 0.3) is 0 Å². The quantitative estimate of drug-likeness (QED) is 0.509. The van der Waals surface area contributed by atoms with E-state index >= 15 is 0 Å². The van der Waals surface area contributed by atoms with Gasteiger partial charge in [-0.1, -0.05) is 15.9 Å². The van der Waals surface area contributed by atoms with Crippen molar-refractivity contribution in [1.82, 2.24) is 0 Å². The highest BCUT2D eigenvalue weighted by atomic mass is 79.9. The van der Waals surface area contributed by atoms with Gasteiger partial charge >= 0.3 is 0 Å². The minimum Gasteiger partial charge on any atom is -0.504 e. The summed E-state index contributed by atoms with van der Waals surface area (Å²) in [5, 5.41) is 37.3. The van der Waals surface area contributed by atoms with Gasteiger partial charge in [0.05, 0.1) is 0 Å². The zero-order valence-corrected chi connectivity index (χ0v) is 11.8. The van der Waals surface area contributed by atoms with E-state index in [1.807, 2.05) is 0 Å². The number of rotatable bonds is 3. The number of hydrogen-bond acceptors (Lipinski definition) is 5. The Balaban J connectivity index is 2.27.